The van der Waals surface area contributed by atoms with Gasteiger partial charge in [0, 0.05) is 24.1 Å². The van der Waals surface area contributed by atoms with Crippen LogP contribution >= 0.6 is 0 Å². The summed E-state index contributed by atoms with van der Waals surface area (Å²) in [4.78, 5) is 13.0. The topological polar surface area (TPSA) is 72.9 Å². The normalized spacial score (nSPS) is 11.2. The molecule has 0 amide bonds. The van der Waals surface area contributed by atoms with Gasteiger partial charge in [0.25, 0.3) is 0 Å². The maximum absolute atomic E-state index is 11.6. The fraction of sp³-hybridized carbons (Fsp3) is 0.150. The zero-order valence-corrected chi connectivity index (χ0v) is 14.8. The van der Waals surface area contributed by atoms with Crippen LogP contribution in [0.15, 0.2) is 48.5 Å². The van der Waals surface area contributed by atoms with Gasteiger partial charge in [0.15, 0.2) is 0 Å². The van der Waals surface area contributed by atoms with Crippen molar-refractivity contribution in [1.29, 1.82) is 0 Å². The number of nitrogens with zero attached hydrogens (tertiary/aromatic N) is 4. The molecule has 26 heavy (non-hydrogen) atoms. The first-order chi connectivity index (χ1) is 12.4. The minimum atomic E-state index is -1.01. The number of hydrogen-bond acceptors (Lipinski definition) is 3. The Kier molecular flexibility index (Phi) is 3.61. The lowest BCUT2D eigenvalue weighted by Crippen LogP contribution is -2.00. The predicted octanol–water partition coefficient (Wildman–Crippen LogP) is 3.74. The van der Waals surface area contributed by atoms with Crippen LogP contribution in [0.1, 0.15) is 21.7 Å². The molecule has 6 heteroatoms. The molecule has 0 saturated heterocycles. The second-order valence-electron chi connectivity index (χ2n) is 6.38. The Labute approximate surface area is 150 Å². The monoisotopic (exact) mass is 346 g/mol. The molecule has 2 heterocycles. The molecule has 1 N–H and O–H groups in total. The first-order valence-corrected chi connectivity index (χ1v) is 8.28. The van der Waals surface area contributed by atoms with Crippen LogP contribution in [0.25, 0.3) is 27.8 Å². The first-order valence-electron chi connectivity index (χ1n) is 8.28. The minimum Gasteiger partial charge on any atom is -0.478 e. The van der Waals surface area contributed by atoms with Gasteiger partial charge in [-0.2, -0.15) is 15.0 Å². The van der Waals surface area contributed by atoms with Gasteiger partial charge >= 0.3 is 5.97 Å². The number of carboxylic acids is 1. The van der Waals surface area contributed by atoms with Crippen LogP contribution < -0.4 is 0 Å². The van der Waals surface area contributed by atoms with Gasteiger partial charge in [-0.25, -0.2) is 4.79 Å². The molecule has 0 aliphatic carbocycles. The molecule has 4 rings (SSSR count). The lowest BCUT2D eigenvalue weighted by Gasteiger charge is -2.11. The van der Waals surface area contributed by atoms with E-state index in [4.69, 9.17) is 0 Å². The molecular formula is C20H18N4O2. The summed E-state index contributed by atoms with van der Waals surface area (Å²) in [6, 6.07) is 15.8. The minimum absolute atomic E-state index is 0.159. The largest absolute Gasteiger partial charge is 0.478 e. The number of carboxylic acid groups (broad SMARTS) is 1. The van der Waals surface area contributed by atoms with Crippen LogP contribution in [-0.4, -0.2) is 30.6 Å². The predicted molar refractivity (Wildman–Crippen MR) is 99.7 cm³/mol. The Morgan fingerprint density at radius 2 is 1.58 bits per heavy atom. The van der Waals surface area contributed by atoms with Crippen molar-refractivity contribution in [3.8, 4) is 16.8 Å². The van der Waals surface area contributed by atoms with Crippen molar-refractivity contribution < 1.29 is 9.90 Å². The van der Waals surface area contributed by atoms with Gasteiger partial charge < -0.3 is 9.67 Å². The van der Waals surface area contributed by atoms with E-state index in [1.807, 2.05) is 30.3 Å². The number of benzene rings is 2. The van der Waals surface area contributed by atoms with Crippen LogP contribution in [0.5, 0.6) is 0 Å². The average molecular weight is 346 g/mol. The zero-order chi connectivity index (χ0) is 18.4. The van der Waals surface area contributed by atoms with Gasteiger partial charge in [0.1, 0.15) is 11.0 Å². The third kappa shape index (κ3) is 2.56. The number of aryl methyl sites for hydroxylation is 3. The lowest BCUT2D eigenvalue weighted by atomic mass is 10.0. The number of rotatable bonds is 3. The van der Waals surface area contributed by atoms with Gasteiger partial charge in [0.2, 0.25) is 0 Å². The average Bonchev–Trinajstić information content (AvgIpc) is 3.15. The number of hydrogen-bond donors (Lipinski definition) is 1. The summed E-state index contributed by atoms with van der Waals surface area (Å²) in [5.74, 6) is -1.01. The van der Waals surface area contributed by atoms with Gasteiger partial charge in [-0.1, -0.05) is 12.1 Å². The Bertz CT molecular complexity index is 1120. The third-order valence-corrected chi connectivity index (χ3v) is 4.55. The lowest BCUT2D eigenvalue weighted by molar-refractivity contribution is 0.0699. The quantitative estimate of drug-likeness (QED) is 0.613. The van der Waals surface area contributed by atoms with E-state index in [1.54, 1.807) is 13.1 Å². The third-order valence-electron chi connectivity index (χ3n) is 4.55. The first kappa shape index (κ1) is 16.1. The molecule has 0 saturated carbocycles. The molecule has 0 bridgehead atoms. The van der Waals surface area contributed by atoms with E-state index in [0.717, 1.165) is 16.8 Å². The Hall–Kier alpha value is -3.41. The van der Waals surface area contributed by atoms with Crippen LogP contribution in [-0.2, 0) is 7.05 Å². The summed E-state index contributed by atoms with van der Waals surface area (Å²) in [5, 5.41) is 17.9. The molecule has 0 fully saturated rings. The van der Waals surface area contributed by atoms with Crippen LogP contribution in [0.3, 0.4) is 0 Å². The second-order valence-corrected chi connectivity index (χ2v) is 6.38. The van der Waals surface area contributed by atoms with E-state index in [1.165, 1.54) is 16.2 Å². The molecular weight excluding hydrogens is 328 g/mol. The van der Waals surface area contributed by atoms with Crippen molar-refractivity contribution in [2.45, 2.75) is 13.8 Å². The van der Waals surface area contributed by atoms with E-state index in [9.17, 15) is 9.90 Å². The highest BCUT2D eigenvalue weighted by Gasteiger charge is 2.15. The molecule has 0 spiro atoms. The van der Waals surface area contributed by atoms with Gasteiger partial charge in [-0.05, 0) is 61.4 Å². The highest BCUT2D eigenvalue weighted by Crippen LogP contribution is 2.27. The molecule has 6 nitrogen and oxygen atoms in total. The Morgan fingerprint density at radius 3 is 2.19 bits per heavy atom. The standard InChI is InChI=1S/C20H18N4O2/c1-12-4-5-13(2)24(12)16-8-6-14(7-9-16)15-10-17(20(25)26)19-18(11-15)21-23(3)22-19/h4-11H,1-3H3,(H,25,26). The second kappa shape index (κ2) is 5.84. The fourth-order valence-corrected chi connectivity index (χ4v) is 3.33. The number of carbonyl (C=O) groups is 1. The Morgan fingerprint density at radius 1 is 0.923 bits per heavy atom. The Balaban J connectivity index is 1.82. The summed E-state index contributed by atoms with van der Waals surface area (Å²) >= 11 is 0. The van der Waals surface area contributed by atoms with Gasteiger partial charge in [0.05, 0.1) is 5.56 Å². The van der Waals surface area contributed by atoms with Crippen LogP contribution in [0.4, 0.5) is 0 Å². The molecule has 2 aromatic heterocycles. The molecule has 0 radical (unpaired) electrons. The van der Waals surface area contributed by atoms with Crippen molar-refractivity contribution in [2.24, 2.45) is 7.05 Å². The smallest absolute Gasteiger partial charge is 0.338 e. The van der Waals surface area contributed by atoms with Gasteiger partial charge in [-0.3, -0.25) is 0 Å². The molecule has 2 aromatic carbocycles. The van der Waals surface area contributed by atoms with Crippen molar-refractivity contribution in [3.63, 3.8) is 0 Å². The SMILES string of the molecule is Cc1ccc(C)n1-c1ccc(-c2cc(C(=O)O)c3nn(C)nc3c2)cc1. The summed E-state index contributed by atoms with van der Waals surface area (Å²) in [7, 11) is 1.68. The van der Waals surface area contributed by atoms with Gasteiger partial charge in [-0.15, -0.1) is 0 Å². The molecule has 0 unspecified atom stereocenters. The highest BCUT2D eigenvalue weighted by atomic mass is 16.4. The number of fused-ring (bicyclic) bond motifs is 1. The fourth-order valence-electron chi connectivity index (χ4n) is 3.33. The molecule has 4 aromatic rings. The van der Waals surface area contributed by atoms with E-state index >= 15 is 0 Å². The molecule has 0 atom stereocenters. The van der Waals surface area contributed by atoms with E-state index < -0.39 is 5.97 Å². The van der Waals surface area contributed by atoms with Crippen molar-refractivity contribution in [1.82, 2.24) is 19.6 Å². The van der Waals surface area contributed by atoms with Crippen LogP contribution in [0, 0.1) is 13.8 Å². The van der Waals surface area contributed by atoms with E-state index in [-0.39, 0.29) is 5.56 Å². The van der Waals surface area contributed by atoms with Crippen LogP contribution in [0.2, 0.25) is 0 Å². The van der Waals surface area contributed by atoms with Crippen molar-refractivity contribution >= 4 is 17.0 Å². The summed E-state index contributed by atoms with van der Waals surface area (Å²) < 4.78 is 2.18. The van der Waals surface area contributed by atoms with Crippen molar-refractivity contribution in [2.75, 3.05) is 0 Å². The molecule has 0 aliphatic rings. The summed E-state index contributed by atoms with van der Waals surface area (Å²) in [6.07, 6.45) is 0. The van der Waals surface area contributed by atoms with E-state index in [0.29, 0.717) is 11.0 Å². The van der Waals surface area contributed by atoms with E-state index in [2.05, 4.69) is 40.7 Å². The number of aromatic nitrogens is 4. The number of aromatic carboxylic acids is 1. The summed E-state index contributed by atoms with van der Waals surface area (Å²) in [6.45, 7) is 4.14. The zero-order valence-electron chi connectivity index (χ0n) is 14.8. The van der Waals surface area contributed by atoms with Crippen molar-refractivity contribution in [3.05, 3.63) is 65.5 Å². The molecule has 130 valence electrons. The molecule has 0 aliphatic heterocycles. The summed E-state index contributed by atoms with van der Waals surface area (Å²) in [5.41, 5.74) is 6.30. The highest BCUT2D eigenvalue weighted by molar-refractivity contribution is 6.02. The maximum atomic E-state index is 11.6. The maximum Gasteiger partial charge on any atom is 0.338 e.